The summed E-state index contributed by atoms with van der Waals surface area (Å²) < 4.78 is 17.1. The summed E-state index contributed by atoms with van der Waals surface area (Å²) in [6.45, 7) is 1.95. The monoisotopic (exact) mass is 420 g/mol. The Kier molecular flexibility index (Phi) is 4.92. The van der Waals surface area contributed by atoms with E-state index in [1.165, 1.54) is 0 Å². The zero-order valence-electron chi connectivity index (χ0n) is 14.3. The Morgan fingerprint density at radius 3 is 1.89 bits per heavy atom. The van der Waals surface area contributed by atoms with E-state index < -0.39 is 8.17 Å². The van der Waals surface area contributed by atoms with Crippen LogP contribution in [0.25, 0.3) is 0 Å². The van der Waals surface area contributed by atoms with Crippen LogP contribution >= 0.6 is 31.4 Å². The molecule has 4 rings (SSSR count). The van der Waals surface area contributed by atoms with Gasteiger partial charge in [0.2, 0.25) is 0 Å². The topological polar surface area (TPSA) is 50.8 Å². The molecule has 4 nitrogen and oxygen atoms in total. The van der Waals surface area contributed by atoms with Crippen LogP contribution in [0.2, 0.25) is 10.0 Å². The number of halogens is 2. The third kappa shape index (κ3) is 4.15. The van der Waals surface area contributed by atoms with E-state index in [9.17, 15) is 4.89 Å². The molecule has 3 aromatic carbocycles. The Morgan fingerprint density at radius 1 is 0.852 bits per heavy atom. The van der Waals surface area contributed by atoms with Crippen LogP contribution in [0, 0.1) is 6.92 Å². The fourth-order valence-electron chi connectivity index (χ4n) is 2.78. The quantitative estimate of drug-likeness (QED) is 0.493. The zero-order valence-corrected chi connectivity index (χ0v) is 16.7. The van der Waals surface area contributed by atoms with E-state index >= 15 is 0 Å². The van der Waals surface area contributed by atoms with E-state index in [2.05, 4.69) is 0 Å². The SMILES string of the molecule is Cc1ccc(O[P+]2([O-])Oc3ccc(Cl)cc3Cc3cc(Cl)ccc3O2)cc1. The molecular formula is C20H15Cl2O4P. The van der Waals surface area contributed by atoms with Crippen LogP contribution in [-0.2, 0) is 6.42 Å². The molecule has 0 radical (unpaired) electrons. The van der Waals surface area contributed by atoms with Crippen LogP contribution in [-0.4, -0.2) is 0 Å². The third-order valence-corrected chi connectivity index (χ3v) is 5.83. The van der Waals surface area contributed by atoms with Crippen molar-refractivity contribution in [3.8, 4) is 17.2 Å². The van der Waals surface area contributed by atoms with Gasteiger partial charge in [0.05, 0.1) is 0 Å². The number of fused-ring (bicyclic) bond motifs is 2. The van der Waals surface area contributed by atoms with Gasteiger partial charge in [-0.05, 0) is 55.5 Å². The van der Waals surface area contributed by atoms with Gasteiger partial charge in [-0.1, -0.05) is 40.9 Å². The molecular weight excluding hydrogens is 406 g/mol. The first-order valence-electron chi connectivity index (χ1n) is 8.23. The molecule has 138 valence electrons. The summed E-state index contributed by atoms with van der Waals surface area (Å²) in [6.07, 6.45) is 0.469. The normalized spacial score (nSPS) is 14.7. The number of phosphoric ester groups is 1. The van der Waals surface area contributed by atoms with E-state index in [0.29, 0.717) is 33.7 Å². The van der Waals surface area contributed by atoms with Gasteiger partial charge in [-0.25, -0.2) is 0 Å². The number of aryl methyl sites for hydroxylation is 1. The molecule has 0 saturated heterocycles. The first-order valence-corrected chi connectivity index (χ1v) is 10.4. The van der Waals surface area contributed by atoms with Crippen LogP contribution < -0.4 is 18.5 Å². The van der Waals surface area contributed by atoms with E-state index in [1.54, 1.807) is 48.5 Å². The smallest absolute Gasteiger partial charge is 0.517 e. The molecule has 0 aliphatic carbocycles. The second kappa shape index (κ2) is 7.21. The molecule has 1 aliphatic heterocycles. The van der Waals surface area contributed by atoms with Crippen LogP contribution in [0.15, 0.2) is 60.7 Å². The summed E-state index contributed by atoms with van der Waals surface area (Å²) in [6, 6.07) is 17.3. The van der Waals surface area contributed by atoms with Gasteiger partial charge in [-0.3, -0.25) is 13.6 Å². The first-order chi connectivity index (χ1) is 12.9. The van der Waals surface area contributed by atoms with Gasteiger partial charge in [0.1, 0.15) is 0 Å². The number of benzene rings is 3. The fourth-order valence-corrected chi connectivity index (χ4v) is 4.50. The summed E-state index contributed by atoms with van der Waals surface area (Å²) in [7, 11) is -4.00. The Bertz CT molecular complexity index is 938. The highest BCUT2D eigenvalue weighted by Crippen LogP contribution is 2.56. The van der Waals surface area contributed by atoms with Crippen molar-refractivity contribution >= 4 is 31.4 Å². The van der Waals surface area contributed by atoms with Crippen LogP contribution in [0.4, 0.5) is 0 Å². The summed E-state index contributed by atoms with van der Waals surface area (Å²) in [5, 5.41) is 1.11. The minimum Gasteiger partial charge on any atom is -0.583 e. The van der Waals surface area contributed by atoms with Crippen LogP contribution in [0.3, 0.4) is 0 Å². The fraction of sp³-hybridized carbons (Fsp3) is 0.100. The number of hydrogen-bond donors (Lipinski definition) is 0. The summed E-state index contributed by atoms with van der Waals surface area (Å²) in [5.41, 5.74) is 2.59. The van der Waals surface area contributed by atoms with Crippen molar-refractivity contribution in [2.24, 2.45) is 0 Å². The maximum absolute atomic E-state index is 13.4. The number of phosphoric acid groups is 1. The van der Waals surface area contributed by atoms with Gasteiger partial charge in [0, 0.05) is 27.6 Å². The Morgan fingerprint density at radius 2 is 1.37 bits per heavy atom. The standard InChI is InChI=1S/C20H15Cl2O4P/c1-13-2-6-18(7-3-13)24-27(23)25-19-8-4-16(21)11-14(19)10-15-12-17(22)5-9-20(15)26-27/h2-9,11-12H,10H2,1H3. The van der Waals surface area contributed by atoms with Gasteiger partial charge >= 0.3 is 8.17 Å². The lowest BCUT2D eigenvalue weighted by Gasteiger charge is -2.28. The molecule has 1 heterocycles. The lowest BCUT2D eigenvalue weighted by Crippen LogP contribution is -2.27. The van der Waals surface area contributed by atoms with E-state index in [0.717, 1.165) is 16.7 Å². The summed E-state index contributed by atoms with van der Waals surface area (Å²) in [5.74, 6) is 1.16. The van der Waals surface area contributed by atoms with Gasteiger partial charge < -0.3 is 4.89 Å². The average Bonchev–Trinajstić information content (AvgIpc) is 2.61. The first kappa shape index (κ1) is 18.4. The Balaban J connectivity index is 1.78. The molecule has 0 amide bonds. The summed E-state index contributed by atoms with van der Waals surface area (Å²) in [4.78, 5) is 13.4. The Hall–Kier alpha value is -1.97. The molecule has 3 aromatic rings. The second-order valence-electron chi connectivity index (χ2n) is 6.21. The lowest BCUT2D eigenvalue weighted by molar-refractivity contribution is -0.222. The molecule has 0 bridgehead atoms. The predicted octanol–water partition coefficient (Wildman–Crippen LogP) is 5.78. The molecule has 0 atom stereocenters. The minimum absolute atomic E-state index is 0.385. The van der Waals surface area contributed by atoms with Crippen LogP contribution in [0.1, 0.15) is 16.7 Å². The van der Waals surface area contributed by atoms with Crippen molar-refractivity contribution < 1.29 is 18.5 Å². The number of rotatable bonds is 2. The lowest BCUT2D eigenvalue weighted by atomic mass is 10.0. The third-order valence-electron chi connectivity index (χ3n) is 4.08. The maximum atomic E-state index is 13.4. The molecule has 0 saturated carbocycles. The van der Waals surface area contributed by atoms with Crippen LogP contribution in [0.5, 0.6) is 17.2 Å². The van der Waals surface area contributed by atoms with Crippen molar-refractivity contribution in [3.63, 3.8) is 0 Å². The van der Waals surface area contributed by atoms with Gasteiger partial charge in [0.15, 0.2) is 17.2 Å². The van der Waals surface area contributed by atoms with E-state index in [1.807, 2.05) is 19.1 Å². The van der Waals surface area contributed by atoms with Gasteiger partial charge in [0.25, 0.3) is 0 Å². The summed E-state index contributed by atoms with van der Waals surface area (Å²) >= 11 is 12.3. The molecule has 0 fully saturated rings. The molecule has 0 unspecified atom stereocenters. The number of hydrogen-bond acceptors (Lipinski definition) is 4. The highest BCUT2D eigenvalue weighted by atomic mass is 35.5. The van der Waals surface area contributed by atoms with Crippen molar-refractivity contribution in [2.45, 2.75) is 13.3 Å². The molecule has 7 heteroatoms. The highest BCUT2D eigenvalue weighted by molar-refractivity contribution is 7.55. The molecule has 27 heavy (non-hydrogen) atoms. The second-order valence-corrected chi connectivity index (χ2v) is 8.53. The zero-order chi connectivity index (χ0) is 19.0. The van der Waals surface area contributed by atoms with Crippen molar-refractivity contribution in [1.82, 2.24) is 0 Å². The average molecular weight is 421 g/mol. The van der Waals surface area contributed by atoms with E-state index in [4.69, 9.17) is 36.8 Å². The Labute approximate surface area is 167 Å². The van der Waals surface area contributed by atoms with Crippen molar-refractivity contribution in [3.05, 3.63) is 87.4 Å². The largest absolute Gasteiger partial charge is 0.583 e. The molecule has 1 aliphatic rings. The highest BCUT2D eigenvalue weighted by Gasteiger charge is 2.41. The van der Waals surface area contributed by atoms with Gasteiger partial charge in [-0.2, -0.15) is 0 Å². The minimum atomic E-state index is -4.00. The molecule has 0 N–H and O–H groups in total. The predicted molar refractivity (Wildman–Crippen MR) is 106 cm³/mol. The molecule has 0 spiro atoms. The molecule has 0 aromatic heterocycles. The maximum Gasteiger partial charge on any atom is 0.517 e. The van der Waals surface area contributed by atoms with Gasteiger partial charge in [-0.15, -0.1) is 0 Å². The van der Waals surface area contributed by atoms with Crippen molar-refractivity contribution in [2.75, 3.05) is 0 Å². The van der Waals surface area contributed by atoms with E-state index in [-0.39, 0.29) is 0 Å². The van der Waals surface area contributed by atoms with Crippen molar-refractivity contribution in [1.29, 1.82) is 0 Å².